The quantitative estimate of drug-likeness (QED) is 0.433. The van der Waals surface area contributed by atoms with E-state index in [0.29, 0.717) is 0 Å². The summed E-state index contributed by atoms with van der Waals surface area (Å²) in [6.07, 6.45) is 2.35. The lowest BCUT2D eigenvalue weighted by Crippen LogP contribution is -2.10. The van der Waals surface area contributed by atoms with Crippen LogP contribution in [0.25, 0.3) is 0 Å². The van der Waals surface area contributed by atoms with Gasteiger partial charge in [-0.1, -0.05) is 19.1 Å². The van der Waals surface area contributed by atoms with Crippen LogP contribution in [-0.2, 0) is 6.42 Å². The van der Waals surface area contributed by atoms with Gasteiger partial charge >= 0.3 is 0 Å². The molecule has 1 aromatic rings. The molecule has 0 aliphatic carbocycles. The first kappa shape index (κ1) is 9.58. The van der Waals surface area contributed by atoms with E-state index in [-0.39, 0.29) is 0 Å². The summed E-state index contributed by atoms with van der Waals surface area (Å²) < 4.78 is 0. The Balaban J connectivity index is 2.79. The van der Waals surface area contributed by atoms with Crippen LogP contribution in [0.3, 0.4) is 0 Å². The third-order valence-corrected chi connectivity index (χ3v) is 1.96. The van der Waals surface area contributed by atoms with Crippen LogP contribution in [0.1, 0.15) is 12.5 Å². The van der Waals surface area contributed by atoms with E-state index < -0.39 is 0 Å². The van der Waals surface area contributed by atoms with Gasteiger partial charge in [0.25, 0.3) is 0 Å². The van der Waals surface area contributed by atoms with Crippen LogP contribution in [0.2, 0.25) is 0 Å². The van der Waals surface area contributed by atoms with E-state index in [9.17, 15) is 0 Å². The lowest BCUT2D eigenvalue weighted by Gasteiger charge is -2.12. The van der Waals surface area contributed by atoms with Crippen molar-refractivity contribution in [1.29, 1.82) is 0 Å². The van der Waals surface area contributed by atoms with Crippen molar-refractivity contribution in [1.82, 2.24) is 0 Å². The van der Waals surface area contributed by atoms with Gasteiger partial charge in [-0.25, -0.2) is 0 Å². The Labute approximate surface area is 78.9 Å². The summed E-state index contributed by atoms with van der Waals surface area (Å²) >= 11 is 0. The summed E-state index contributed by atoms with van der Waals surface area (Å²) in [6, 6.07) is 8.26. The fourth-order valence-corrected chi connectivity index (χ4v) is 1.11. The van der Waals surface area contributed by atoms with Crippen LogP contribution >= 0.6 is 0 Å². The second-order valence-electron chi connectivity index (χ2n) is 2.81. The first-order valence-electron chi connectivity index (χ1n) is 4.34. The minimum atomic E-state index is 1.04. The fraction of sp³-hybridized carbons (Fsp3) is 0.300. The Morgan fingerprint density at radius 2 is 2.00 bits per heavy atom. The van der Waals surface area contributed by atoms with Crippen molar-refractivity contribution in [3.8, 4) is 0 Å². The first-order chi connectivity index (χ1) is 6.27. The van der Waals surface area contributed by atoms with Crippen molar-refractivity contribution >= 4 is 12.0 Å². The number of rotatable bonds is 3. The normalized spacial score (nSPS) is 10.6. The number of benzene rings is 1. The molecule has 1 rings (SSSR count). The summed E-state index contributed by atoms with van der Waals surface area (Å²) in [6.45, 7) is 2.14. The lowest BCUT2D eigenvalue weighted by atomic mass is 10.1. The van der Waals surface area contributed by atoms with Crippen LogP contribution in [0.5, 0.6) is 0 Å². The molecule has 0 radical (unpaired) electrons. The van der Waals surface area contributed by atoms with E-state index in [1.54, 1.807) is 5.01 Å². The summed E-state index contributed by atoms with van der Waals surface area (Å²) in [7, 11) is 1.87. The number of hydrogen-bond acceptors (Lipinski definition) is 2. The Morgan fingerprint density at radius 3 is 2.46 bits per heavy atom. The molecule has 1 aromatic carbocycles. The van der Waals surface area contributed by atoms with Gasteiger partial charge in [0.05, 0.1) is 5.69 Å². The Hall–Kier alpha value is -1.51. The minimum Gasteiger partial charge on any atom is -0.388 e. The average Bonchev–Trinajstić information content (AvgIpc) is 2.18. The molecule has 0 unspecified atom stereocenters. The average molecular weight is 177 g/mol. The summed E-state index contributed by atoms with van der Waals surface area (Å²) in [5, 5.41) is 5.67. The molecular formula is C10H15N3. The zero-order chi connectivity index (χ0) is 9.68. The highest BCUT2D eigenvalue weighted by Gasteiger charge is 1.96. The monoisotopic (exact) mass is 177 g/mol. The van der Waals surface area contributed by atoms with E-state index in [4.69, 9.17) is 5.73 Å². The van der Waals surface area contributed by atoms with Gasteiger partial charge in [0.1, 0.15) is 6.34 Å². The second-order valence-corrected chi connectivity index (χ2v) is 2.81. The number of anilines is 1. The number of nitrogens with zero attached hydrogens (tertiary/aromatic N) is 2. The third kappa shape index (κ3) is 2.47. The fourth-order valence-electron chi connectivity index (χ4n) is 1.11. The zero-order valence-electron chi connectivity index (χ0n) is 8.07. The highest BCUT2D eigenvalue weighted by atomic mass is 15.4. The van der Waals surface area contributed by atoms with E-state index in [1.807, 2.05) is 19.2 Å². The molecule has 13 heavy (non-hydrogen) atoms. The number of nitrogens with two attached hydrogens (primary N) is 1. The van der Waals surface area contributed by atoms with Crippen molar-refractivity contribution in [3.05, 3.63) is 29.8 Å². The van der Waals surface area contributed by atoms with Gasteiger partial charge < -0.3 is 5.73 Å². The van der Waals surface area contributed by atoms with Gasteiger partial charge in [-0.2, -0.15) is 5.10 Å². The van der Waals surface area contributed by atoms with Crippen molar-refractivity contribution in [2.24, 2.45) is 10.8 Å². The summed E-state index contributed by atoms with van der Waals surface area (Å²) in [4.78, 5) is 0. The zero-order valence-corrected chi connectivity index (χ0v) is 8.07. The predicted octanol–water partition coefficient (Wildman–Crippen LogP) is 1.59. The van der Waals surface area contributed by atoms with Gasteiger partial charge in [-0.15, -0.1) is 0 Å². The molecule has 0 amide bonds. The first-order valence-corrected chi connectivity index (χ1v) is 4.34. The maximum Gasteiger partial charge on any atom is 0.106 e. The molecule has 0 spiro atoms. The van der Waals surface area contributed by atoms with Gasteiger partial charge in [0, 0.05) is 7.05 Å². The number of hydrazone groups is 1. The van der Waals surface area contributed by atoms with Gasteiger partial charge in [-0.05, 0) is 24.1 Å². The van der Waals surface area contributed by atoms with Crippen molar-refractivity contribution in [2.75, 3.05) is 12.1 Å². The van der Waals surface area contributed by atoms with Crippen molar-refractivity contribution < 1.29 is 0 Å². The maximum atomic E-state index is 5.19. The van der Waals surface area contributed by atoms with Crippen LogP contribution in [-0.4, -0.2) is 13.4 Å². The lowest BCUT2D eigenvalue weighted by molar-refractivity contribution is 1.02. The molecule has 0 saturated heterocycles. The van der Waals surface area contributed by atoms with E-state index in [0.717, 1.165) is 12.1 Å². The van der Waals surface area contributed by atoms with Crippen LogP contribution in [0.4, 0.5) is 5.69 Å². The highest BCUT2D eigenvalue weighted by Crippen LogP contribution is 2.13. The van der Waals surface area contributed by atoms with Crippen molar-refractivity contribution in [3.63, 3.8) is 0 Å². The molecule has 3 nitrogen and oxygen atoms in total. The smallest absolute Gasteiger partial charge is 0.106 e. The van der Waals surface area contributed by atoms with E-state index in [1.165, 1.54) is 11.9 Å². The SMILES string of the molecule is CCc1ccc(N(C)/N=C\N)cc1. The molecule has 0 heterocycles. The van der Waals surface area contributed by atoms with E-state index in [2.05, 4.69) is 24.2 Å². The third-order valence-electron chi connectivity index (χ3n) is 1.96. The number of aryl methyl sites for hydroxylation is 1. The molecule has 0 bridgehead atoms. The summed E-state index contributed by atoms with van der Waals surface area (Å²) in [5.74, 6) is 0. The molecule has 70 valence electrons. The minimum absolute atomic E-state index is 1.04. The van der Waals surface area contributed by atoms with Crippen LogP contribution in [0.15, 0.2) is 29.4 Å². The van der Waals surface area contributed by atoms with Crippen LogP contribution in [0, 0.1) is 0 Å². The highest BCUT2D eigenvalue weighted by molar-refractivity contribution is 5.56. The second kappa shape index (κ2) is 4.50. The Morgan fingerprint density at radius 1 is 1.38 bits per heavy atom. The van der Waals surface area contributed by atoms with Gasteiger partial charge in [0.2, 0.25) is 0 Å². The summed E-state index contributed by atoms with van der Waals surface area (Å²) in [5.41, 5.74) is 7.56. The molecule has 0 aromatic heterocycles. The van der Waals surface area contributed by atoms with E-state index >= 15 is 0 Å². The Kier molecular flexibility index (Phi) is 3.31. The van der Waals surface area contributed by atoms with Gasteiger partial charge in [-0.3, -0.25) is 5.01 Å². The molecule has 0 saturated carbocycles. The maximum absolute atomic E-state index is 5.19. The predicted molar refractivity (Wildman–Crippen MR) is 56.9 cm³/mol. The largest absolute Gasteiger partial charge is 0.388 e. The molecule has 0 aliphatic rings. The molecular weight excluding hydrogens is 162 g/mol. The molecule has 0 atom stereocenters. The molecule has 0 aliphatic heterocycles. The topological polar surface area (TPSA) is 41.6 Å². The Bertz CT molecular complexity index is 277. The van der Waals surface area contributed by atoms with Crippen molar-refractivity contribution in [2.45, 2.75) is 13.3 Å². The van der Waals surface area contributed by atoms with Crippen LogP contribution < -0.4 is 10.7 Å². The molecule has 3 heteroatoms. The molecule has 2 N–H and O–H groups in total. The number of hydrogen-bond donors (Lipinski definition) is 1. The van der Waals surface area contributed by atoms with Gasteiger partial charge in [0.15, 0.2) is 0 Å². The standard InChI is InChI=1S/C10H15N3/c1-3-9-4-6-10(7-5-9)13(2)12-8-11/h4-8H,3H2,1-2H3,(H2,11,12). The molecule has 0 fully saturated rings.